The second kappa shape index (κ2) is 4.11. The van der Waals surface area contributed by atoms with Gasteiger partial charge in [-0.1, -0.05) is 24.3 Å². The van der Waals surface area contributed by atoms with E-state index >= 15 is 0 Å². The molecule has 0 aliphatic carbocycles. The molecule has 0 aliphatic heterocycles. The molecular formula is C11H10O4S. The molecule has 0 saturated heterocycles. The van der Waals surface area contributed by atoms with Crippen molar-refractivity contribution in [3.63, 3.8) is 0 Å². The van der Waals surface area contributed by atoms with Crippen LogP contribution in [0.1, 0.15) is 0 Å². The Hall–Kier alpha value is -1.59. The van der Waals surface area contributed by atoms with Gasteiger partial charge in [-0.05, 0) is 6.07 Å². The molecule has 1 heterocycles. The predicted molar refractivity (Wildman–Crippen MR) is 59.5 cm³/mol. The van der Waals surface area contributed by atoms with E-state index in [1.54, 1.807) is 24.3 Å². The number of rotatable bonds is 4. The van der Waals surface area contributed by atoms with Gasteiger partial charge in [0.2, 0.25) is 5.09 Å². The van der Waals surface area contributed by atoms with Crippen molar-refractivity contribution < 1.29 is 17.0 Å². The summed E-state index contributed by atoms with van der Waals surface area (Å²) >= 11 is 0. The third-order valence-corrected chi connectivity index (χ3v) is 3.13. The summed E-state index contributed by atoms with van der Waals surface area (Å²) in [6.07, 6.45) is 1.36. The maximum atomic E-state index is 11.6. The van der Waals surface area contributed by atoms with Gasteiger partial charge in [0.1, 0.15) is 5.58 Å². The van der Waals surface area contributed by atoms with Crippen LogP contribution in [0.2, 0.25) is 0 Å². The van der Waals surface area contributed by atoms with Crippen molar-refractivity contribution in [1.82, 2.24) is 0 Å². The average Bonchev–Trinajstić information content (AvgIpc) is 2.71. The van der Waals surface area contributed by atoms with Crippen molar-refractivity contribution in [1.29, 1.82) is 0 Å². The van der Waals surface area contributed by atoms with Crippen molar-refractivity contribution in [3.8, 4) is 0 Å². The minimum absolute atomic E-state index is 0.0701. The first-order chi connectivity index (χ1) is 7.63. The first-order valence-corrected chi connectivity index (χ1v) is 6.03. The lowest BCUT2D eigenvalue weighted by Gasteiger charge is -1.97. The molecule has 16 heavy (non-hydrogen) atoms. The van der Waals surface area contributed by atoms with E-state index in [-0.39, 0.29) is 11.7 Å². The molecule has 0 amide bonds. The van der Waals surface area contributed by atoms with Crippen LogP contribution in [0.25, 0.3) is 11.0 Å². The maximum absolute atomic E-state index is 11.6. The van der Waals surface area contributed by atoms with E-state index in [2.05, 4.69) is 10.8 Å². The molecule has 1 aromatic heterocycles. The zero-order valence-corrected chi connectivity index (χ0v) is 9.24. The lowest BCUT2D eigenvalue weighted by molar-refractivity contribution is 0.337. The third-order valence-electron chi connectivity index (χ3n) is 1.99. The fourth-order valence-corrected chi connectivity index (χ4v) is 2.13. The first-order valence-electron chi connectivity index (χ1n) is 4.62. The van der Waals surface area contributed by atoms with E-state index in [9.17, 15) is 8.42 Å². The summed E-state index contributed by atoms with van der Waals surface area (Å²) in [6, 6.07) is 8.48. The smallest absolute Gasteiger partial charge is 0.331 e. The quantitative estimate of drug-likeness (QED) is 0.606. The molecule has 0 fully saturated rings. The number of hydrogen-bond donors (Lipinski definition) is 0. The SMILES string of the molecule is C=CCOS(=O)(=O)c1cc2ccccc2o1. The van der Waals surface area contributed by atoms with Crippen LogP contribution >= 0.6 is 0 Å². The van der Waals surface area contributed by atoms with Gasteiger partial charge in [0.15, 0.2) is 0 Å². The van der Waals surface area contributed by atoms with Crippen LogP contribution in [-0.4, -0.2) is 15.0 Å². The Morgan fingerprint density at radius 2 is 2.12 bits per heavy atom. The van der Waals surface area contributed by atoms with Crippen molar-refractivity contribution >= 4 is 21.1 Å². The normalized spacial score (nSPS) is 11.8. The van der Waals surface area contributed by atoms with E-state index in [4.69, 9.17) is 4.42 Å². The Kier molecular flexibility index (Phi) is 2.80. The zero-order chi connectivity index (χ0) is 11.6. The molecular weight excluding hydrogens is 228 g/mol. The number of benzene rings is 1. The summed E-state index contributed by atoms with van der Waals surface area (Å²) in [5, 5.41) is 0.541. The molecule has 0 atom stereocenters. The number of fused-ring (bicyclic) bond motifs is 1. The van der Waals surface area contributed by atoms with E-state index in [1.165, 1.54) is 12.1 Å². The molecule has 84 valence electrons. The van der Waals surface area contributed by atoms with Crippen LogP contribution in [0.3, 0.4) is 0 Å². The van der Waals surface area contributed by atoms with Crippen LogP contribution in [0.4, 0.5) is 0 Å². The van der Waals surface area contributed by atoms with Crippen LogP contribution in [-0.2, 0) is 14.3 Å². The van der Waals surface area contributed by atoms with E-state index in [0.717, 1.165) is 5.39 Å². The molecule has 0 bridgehead atoms. The van der Waals surface area contributed by atoms with E-state index in [1.807, 2.05) is 0 Å². The summed E-state index contributed by atoms with van der Waals surface area (Å²) in [7, 11) is -3.82. The van der Waals surface area contributed by atoms with Gasteiger partial charge >= 0.3 is 10.1 Å². The number of furan rings is 1. The molecule has 0 aliphatic rings. The van der Waals surface area contributed by atoms with Gasteiger partial charge in [0.05, 0.1) is 6.61 Å². The first kappa shape index (κ1) is 10.9. The molecule has 0 saturated carbocycles. The zero-order valence-electron chi connectivity index (χ0n) is 8.42. The maximum Gasteiger partial charge on any atom is 0.331 e. The van der Waals surface area contributed by atoms with Crippen LogP contribution in [0, 0.1) is 0 Å². The summed E-state index contributed by atoms with van der Waals surface area (Å²) in [5.41, 5.74) is 0.517. The van der Waals surface area contributed by atoms with E-state index < -0.39 is 10.1 Å². The molecule has 2 aromatic rings. The second-order valence-electron chi connectivity index (χ2n) is 3.13. The highest BCUT2D eigenvalue weighted by atomic mass is 32.2. The molecule has 4 nitrogen and oxygen atoms in total. The van der Waals surface area contributed by atoms with Crippen molar-refractivity contribution in [3.05, 3.63) is 43.0 Å². The second-order valence-corrected chi connectivity index (χ2v) is 4.68. The fraction of sp³-hybridized carbons (Fsp3) is 0.0909. The highest BCUT2D eigenvalue weighted by Gasteiger charge is 2.19. The van der Waals surface area contributed by atoms with Gasteiger partial charge in [0, 0.05) is 11.5 Å². The van der Waals surface area contributed by atoms with Crippen molar-refractivity contribution in [2.75, 3.05) is 6.61 Å². The lowest BCUT2D eigenvalue weighted by Crippen LogP contribution is -2.04. The Bertz CT molecular complexity index is 577. The standard InChI is InChI=1S/C11H10O4S/c1-2-7-14-16(12,13)11-8-9-5-3-4-6-10(9)15-11/h2-6,8H,1,7H2. The molecule has 2 rings (SSSR count). The monoisotopic (exact) mass is 238 g/mol. The molecule has 0 unspecified atom stereocenters. The Balaban J connectivity index is 2.43. The molecule has 5 heteroatoms. The summed E-state index contributed by atoms with van der Waals surface area (Å²) in [6.45, 7) is 3.31. The predicted octanol–water partition coefficient (Wildman–Crippen LogP) is 2.32. The molecule has 0 radical (unpaired) electrons. The van der Waals surface area contributed by atoms with Crippen LogP contribution in [0.5, 0.6) is 0 Å². The number of hydrogen-bond acceptors (Lipinski definition) is 4. The van der Waals surface area contributed by atoms with Gasteiger partial charge in [0.25, 0.3) is 0 Å². The summed E-state index contributed by atoms with van der Waals surface area (Å²) in [5.74, 6) is 0. The lowest BCUT2D eigenvalue weighted by atomic mass is 10.3. The van der Waals surface area contributed by atoms with Gasteiger partial charge < -0.3 is 4.42 Å². The molecule has 1 aromatic carbocycles. The number of para-hydroxylation sites is 1. The highest BCUT2D eigenvalue weighted by molar-refractivity contribution is 7.86. The fourth-order valence-electron chi connectivity index (χ4n) is 1.28. The van der Waals surface area contributed by atoms with Crippen LogP contribution < -0.4 is 0 Å². The van der Waals surface area contributed by atoms with Crippen LogP contribution in [0.15, 0.2) is 52.5 Å². The molecule has 0 spiro atoms. The largest absolute Gasteiger partial charge is 0.442 e. The van der Waals surface area contributed by atoms with Gasteiger partial charge in [-0.15, -0.1) is 6.58 Å². The minimum atomic E-state index is -3.82. The highest BCUT2D eigenvalue weighted by Crippen LogP contribution is 2.23. The van der Waals surface area contributed by atoms with Crippen molar-refractivity contribution in [2.24, 2.45) is 0 Å². The third kappa shape index (κ3) is 2.00. The summed E-state index contributed by atoms with van der Waals surface area (Å²) in [4.78, 5) is 0. The minimum Gasteiger partial charge on any atom is -0.442 e. The van der Waals surface area contributed by atoms with Gasteiger partial charge in [-0.2, -0.15) is 8.42 Å². The van der Waals surface area contributed by atoms with Gasteiger partial charge in [-0.25, -0.2) is 0 Å². The molecule has 0 N–H and O–H groups in total. The topological polar surface area (TPSA) is 56.5 Å². The summed E-state index contributed by atoms with van der Waals surface area (Å²) < 4.78 is 33.0. The van der Waals surface area contributed by atoms with E-state index in [0.29, 0.717) is 5.58 Å². The average molecular weight is 238 g/mol. The Morgan fingerprint density at radius 1 is 1.38 bits per heavy atom. The Labute approximate surface area is 93.3 Å². The van der Waals surface area contributed by atoms with Crippen molar-refractivity contribution in [2.45, 2.75) is 5.09 Å². The van der Waals surface area contributed by atoms with Gasteiger partial charge in [-0.3, -0.25) is 4.18 Å². The Morgan fingerprint density at radius 3 is 2.81 bits per heavy atom.